The summed E-state index contributed by atoms with van der Waals surface area (Å²) in [6, 6.07) is 1.42. The van der Waals surface area contributed by atoms with Crippen LogP contribution >= 0.6 is 0 Å². The maximum Gasteiger partial charge on any atom is 0.269 e. The van der Waals surface area contributed by atoms with E-state index in [1.807, 2.05) is 0 Å². The first kappa shape index (κ1) is 18.0. The smallest absolute Gasteiger partial charge is 0.269 e. The van der Waals surface area contributed by atoms with E-state index in [1.54, 1.807) is 25.7 Å². The normalized spacial score (nSPS) is 18.8. The van der Waals surface area contributed by atoms with Crippen LogP contribution in [0.2, 0.25) is 0 Å². The van der Waals surface area contributed by atoms with Crippen molar-refractivity contribution in [3.63, 3.8) is 0 Å². The zero-order valence-electron chi connectivity index (χ0n) is 14.0. The van der Waals surface area contributed by atoms with E-state index >= 15 is 0 Å². The Balaban J connectivity index is 1.99. The Hall–Kier alpha value is -1.38. The van der Waals surface area contributed by atoms with Gasteiger partial charge in [-0.2, -0.15) is 0 Å². The van der Waals surface area contributed by atoms with Crippen LogP contribution in [-0.4, -0.2) is 57.5 Å². The standard InChI is InChI=1S/C15H26N4O3S/c1-18(2)15(20)14-9-13(11-19(14)3)23(21,22)17-8-6-12-5-4-7-16-10-12/h9,11-12,16-17H,4-8,10H2,1-3H3. The van der Waals surface area contributed by atoms with Crippen molar-refractivity contribution in [2.24, 2.45) is 13.0 Å². The Morgan fingerprint density at radius 1 is 1.48 bits per heavy atom. The van der Waals surface area contributed by atoms with Gasteiger partial charge in [0.15, 0.2) is 0 Å². The lowest BCUT2D eigenvalue weighted by molar-refractivity contribution is 0.0818. The highest BCUT2D eigenvalue weighted by molar-refractivity contribution is 7.89. The Morgan fingerprint density at radius 3 is 2.83 bits per heavy atom. The van der Waals surface area contributed by atoms with Crippen LogP contribution in [0, 0.1) is 5.92 Å². The molecule has 2 heterocycles. The van der Waals surface area contributed by atoms with E-state index in [1.165, 1.54) is 17.2 Å². The number of nitrogens with zero attached hydrogens (tertiary/aromatic N) is 2. The molecule has 1 aromatic heterocycles. The van der Waals surface area contributed by atoms with Gasteiger partial charge in [0.25, 0.3) is 5.91 Å². The Kier molecular flexibility index (Phi) is 5.83. The predicted octanol–water partition coefficient (Wildman–Crippen LogP) is 0.395. The molecular formula is C15H26N4O3S. The van der Waals surface area contributed by atoms with Crippen LogP contribution in [0.1, 0.15) is 29.8 Å². The first-order valence-corrected chi connectivity index (χ1v) is 9.38. The number of aromatic nitrogens is 1. The minimum absolute atomic E-state index is 0.131. The molecule has 7 nitrogen and oxygen atoms in total. The summed E-state index contributed by atoms with van der Waals surface area (Å²) in [6.45, 7) is 2.42. The third kappa shape index (κ3) is 4.55. The first-order chi connectivity index (χ1) is 10.8. The van der Waals surface area contributed by atoms with E-state index in [2.05, 4.69) is 10.0 Å². The van der Waals surface area contributed by atoms with Crippen molar-refractivity contribution in [3.8, 4) is 0 Å². The van der Waals surface area contributed by atoms with E-state index in [9.17, 15) is 13.2 Å². The quantitative estimate of drug-likeness (QED) is 0.784. The van der Waals surface area contributed by atoms with Crippen LogP contribution in [0.5, 0.6) is 0 Å². The van der Waals surface area contributed by atoms with Gasteiger partial charge in [0.1, 0.15) is 10.6 Å². The molecule has 1 unspecified atom stereocenters. The van der Waals surface area contributed by atoms with E-state index in [-0.39, 0.29) is 10.8 Å². The summed E-state index contributed by atoms with van der Waals surface area (Å²) in [6.07, 6.45) is 4.58. The summed E-state index contributed by atoms with van der Waals surface area (Å²) < 4.78 is 28.9. The van der Waals surface area contributed by atoms with E-state index in [4.69, 9.17) is 0 Å². The number of rotatable bonds is 6. The van der Waals surface area contributed by atoms with Crippen molar-refractivity contribution >= 4 is 15.9 Å². The van der Waals surface area contributed by atoms with Gasteiger partial charge in [-0.05, 0) is 44.3 Å². The van der Waals surface area contributed by atoms with Crippen LogP contribution in [-0.2, 0) is 17.1 Å². The summed E-state index contributed by atoms with van der Waals surface area (Å²) in [4.78, 5) is 13.6. The fraction of sp³-hybridized carbons (Fsp3) is 0.667. The second kappa shape index (κ2) is 7.46. The van der Waals surface area contributed by atoms with Gasteiger partial charge in [-0.25, -0.2) is 13.1 Å². The van der Waals surface area contributed by atoms with Crippen molar-refractivity contribution in [2.45, 2.75) is 24.2 Å². The molecule has 8 heteroatoms. The van der Waals surface area contributed by atoms with E-state index < -0.39 is 10.0 Å². The average Bonchev–Trinajstić information content (AvgIpc) is 2.90. The molecule has 0 bridgehead atoms. The molecule has 0 spiro atoms. The maximum absolute atomic E-state index is 12.4. The lowest BCUT2D eigenvalue weighted by atomic mass is 9.96. The molecule has 2 N–H and O–H groups in total. The van der Waals surface area contributed by atoms with Crippen LogP contribution in [0.4, 0.5) is 0 Å². The van der Waals surface area contributed by atoms with E-state index in [0.29, 0.717) is 18.2 Å². The number of hydrogen-bond donors (Lipinski definition) is 2. The molecule has 1 atom stereocenters. The molecule has 0 saturated carbocycles. The molecule has 0 aliphatic carbocycles. The van der Waals surface area contributed by atoms with Gasteiger partial charge >= 0.3 is 0 Å². The van der Waals surface area contributed by atoms with Gasteiger partial charge in [-0.1, -0.05) is 0 Å². The summed E-state index contributed by atoms with van der Waals surface area (Å²) in [5, 5.41) is 3.33. The second-order valence-corrected chi connectivity index (χ2v) is 8.04. The zero-order valence-corrected chi connectivity index (χ0v) is 14.8. The molecule has 130 valence electrons. The number of hydrogen-bond acceptors (Lipinski definition) is 4. The Morgan fingerprint density at radius 2 is 2.22 bits per heavy atom. The fourth-order valence-corrected chi connectivity index (χ4v) is 3.89. The summed E-state index contributed by atoms with van der Waals surface area (Å²) in [5.41, 5.74) is 0.354. The molecule has 0 aromatic carbocycles. The van der Waals surface area contributed by atoms with Crippen LogP contribution in [0.3, 0.4) is 0 Å². The zero-order chi connectivity index (χ0) is 17.0. The van der Waals surface area contributed by atoms with Crippen molar-refractivity contribution in [3.05, 3.63) is 18.0 Å². The number of carbonyl (C=O) groups excluding carboxylic acids is 1. The van der Waals surface area contributed by atoms with Crippen molar-refractivity contribution < 1.29 is 13.2 Å². The minimum Gasteiger partial charge on any atom is -0.345 e. The molecule has 23 heavy (non-hydrogen) atoms. The number of carbonyl (C=O) groups is 1. The largest absolute Gasteiger partial charge is 0.345 e. The number of aryl methyl sites for hydroxylation is 1. The molecule has 1 amide bonds. The summed E-state index contributed by atoms with van der Waals surface area (Å²) >= 11 is 0. The molecule has 1 fully saturated rings. The third-order valence-electron chi connectivity index (χ3n) is 4.16. The number of sulfonamides is 1. The summed E-state index contributed by atoms with van der Waals surface area (Å²) in [7, 11) is 1.36. The highest BCUT2D eigenvalue weighted by Gasteiger charge is 2.21. The van der Waals surface area contributed by atoms with Crippen LogP contribution < -0.4 is 10.0 Å². The Bertz CT molecular complexity index is 646. The maximum atomic E-state index is 12.4. The topological polar surface area (TPSA) is 83.4 Å². The van der Waals surface area contributed by atoms with Crippen LogP contribution in [0.15, 0.2) is 17.2 Å². The fourth-order valence-electron chi connectivity index (χ4n) is 2.77. The molecule has 1 aliphatic heterocycles. The van der Waals surface area contributed by atoms with Crippen LogP contribution in [0.25, 0.3) is 0 Å². The first-order valence-electron chi connectivity index (χ1n) is 7.89. The van der Waals surface area contributed by atoms with Gasteiger partial charge in [0.05, 0.1) is 0 Å². The summed E-state index contributed by atoms with van der Waals surface area (Å²) in [5.74, 6) is 0.301. The molecule has 2 rings (SSSR count). The molecule has 1 aromatic rings. The van der Waals surface area contributed by atoms with Crippen molar-refractivity contribution in [1.82, 2.24) is 19.5 Å². The van der Waals surface area contributed by atoms with Crippen molar-refractivity contribution in [1.29, 1.82) is 0 Å². The average molecular weight is 342 g/mol. The number of nitrogens with one attached hydrogen (secondary N) is 2. The molecule has 0 radical (unpaired) electrons. The minimum atomic E-state index is -3.58. The second-order valence-electron chi connectivity index (χ2n) is 6.27. The van der Waals surface area contributed by atoms with Gasteiger partial charge in [0, 0.05) is 33.9 Å². The lowest BCUT2D eigenvalue weighted by Gasteiger charge is -2.22. The predicted molar refractivity (Wildman–Crippen MR) is 88.8 cm³/mol. The Labute approximate surface area is 138 Å². The van der Waals surface area contributed by atoms with Crippen molar-refractivity contribution in [2.75, 3.05) is 33.7 Å². The SMILES string of the molecule is CN(C)C(=O)c1cc(S(=O)(=O)NCCC2CCCNC2)cn1C. The van der Waals surface area contributed by atoms with Gasteiger partial charge in [-0.3, -0.25) is 4.79 Å². The number of piperidine rings is 1. The number of amides is 1. The van der Waals surface area contributed by atoms with Gasteiger partial charge in [0.2, 0.25) is 10.0 Å². The van der Waals surface area contributed by atoms with Gasteiger partial charge in [-0.15, -0.1) is 0 Å². The molecular weight excluding hydrogens is 316 g/mol. The highest BCUT2D eigenvalue weighted by atomic mass is 32.2. The lowest BCUT2D eigenvalue weighted by Crippen LogP contribution is -2.33. The molecule has 1 saturated heterocycles. The highest BCUT2D eigenvalue weighted by Crippen LogP contribution is 2.16. The monoisotopic (exact) mass is 342 g/mol. The van der Waals surface area contributed by atoms with Gasteiger partial charge < -0.3 is 14.8 Å². The third-order valence-corrected chi connectivity index (χ3v) is 5.59. The van der Waals surface area contributed by atoms with E-state index in [0.717, 1.165) is 32.4 Å². The molecule has 1 aliphatic rings.